The van der Waals surface area contributed by atoms with Gasteiger partial charge in [0.25, 0.3) is 0 Å². The molecule has 2 rings (SSSR count). The van der Waals surface area contributed by atoms with Gasteiger partial charge in [0.1, 0.15) is 12.1 Å². The molecular weight excluding hydrogens is 304 g/mol. The van der Waals surface area contributed by atoms with Crippen LogP contribution in [0.1, 0.15) is 71.6 Å². The first-order valence-corrected chi connectivity index (χ1v) is 9.66. The summed E-state index contributed by atoms with van der Waals surface area (Å²) >= 11 is 0. The van der Waals surface area contributed by atoms with Crippen LogP contribution < -0.4 is 5.32 Å². The van der Waals surface area contributed by atoms with E-state index >= 15 is 0 Å². The van der Waals surface area contributed by atoms with Gasteiger partial charge in [-0.05, 0) is 25.7 Å². The van der Waals surface area contributed by atoms with E-state index in [9.17, 15) is 9.59 Å². The number of ether oxygens (including phenoxy) is 1. The van der Waals surface area contributed by atoms with Crippen LogP contribution in [0.4, 0.5) is 0 Å². The molecule has 4 atom stereocenters. The van der Waals surface area contributed by atoms with Gasteiger partial charge < -0.3 is 15.0 Å². The van der Waals surface area contributed by atoms with E-state index in [1.165, 1.54) is 32.1 Å². The van der Waals surface area contributed by atoms with Crippen molar-refractivity contribution in [2.45, 2.75) is 89.8 Å². The first kappa shape index (κ1) is 19.2. The summed E-state index contributed by atoms with van der Waals surface area (Å²) < 4.78 is 5.44. The molecule has 2 aliphatic heterocycles. The third kappa shape index (κ3) is 6.08. The normalized spacial score (nSPS) is 34.7. The predicted octanol–water partition coefficient (Wildman–Crippen LogP) is 2.88. The summed E-state index contributed by atoms with van der Waals surface area (Å²) in [6.45, 7) is 4.81. The van der Waals surface area contributed by atoms with Crippen molar-refractivity contribution >= 4 is 11.8 Å². The van der Waals surface area contributed by atoms with Crippen molar-refractivity contribution in [2.24, 2.45) is 5.92 Å². The zero-order chi connectivity index (χ0) is 17.5. The van der Waals surface area contributed by atoms with Gasteiger partial charge in [0.05, 0.1) is 12.6 Å². The number of rotatable bonds is 1. The minimum Gasteiger partial charge on any atom is -0.371 e. The van der Waals surface area contributed by atoms with Gasteiger partial charge in [0.2, 0.25) is 11.8 Å². The maximum Gasteiger partial charge on any atom is 0.242 e. The number of hydrogen-bond donors (Lipinski definition) is 1. The number of carbonyl (C=O) groups is 2. The Kier molecular flexibility index (Phi) is 7.53. The van der Waals surface area contributed by atoms with Gasteiger partial charge in [0, 0.05) is 13.5 Å². The van der Waals surface area contributed by atoms with Gasteiger partial charge in [-0.1, -0.05) is 45.4 Å². The fourth-order valence-electron chi connectivity index (χ4n) is 3.49. The second-order valence-electron chi connectivity index (χ2n) is 7.67. The third-order valence-corrected chi connectivity index (χ3v) is 5.48. The minimum absolute atomic E-state index is 0.0642. The maximum absolute atomic E-state index is 12.6. The van der Waals surface area contributed by atoms with Crippen molar-refractivity contribution < 1.29 is 14.3 Å². The molecule has 0 aromatic heterocycles. The molecule has 2 saturated heterocycles. The highest BCUT2D eigenvalue weighted by Crippen LogP contribution is 2.24. The lowest BCUT2D eigenvalue weighted by atomic mass is 9.93. The number of hydrogen-bond acceptors (Lipinski definition) is 3. The van der Waals surface area contributed by atoms with E-state index in [-0.39, 0.29) is 24.0 Å². The maximum atomic E-state index is 12.6. The molecule has 2 heterocycles. The molecule has 0 aromatic carbocycles. The van der Waals surface area contributed by atoms with Crippen molar-refractivity contribution in [1.82, 2.24) is 10.2 Å². The molecule has 0 bridgehead atoms. The Morgan fingerprint density at radius 3 is 2.33 bits per heavy atom. The molecule has 2 fully saturated rings. The van der Waals surface area contributed by atoms with Gasteiger partial charge >= 0.3 is 0 Å². The molecule has 24 heavy (non-hydrogen) atoms. The molecule has 0 spiro atoms. The Hall–Kier alpha value is -1.10. The lowest BCUT2D eigenvalue weighted by Gasteiger charge is -2.27. The highest BCUT2D eigenvalue weighted by atomic mass is 16.6. The Bertz CT molecular complexity index is 423. The van der Waals surface area contributed by atoms with E-state index in [1.807, 2.05) is 6.92 Å². The molecule has 0 aromatic rings. The van der Waals surface area contributed by atoms with Gasteiger partial charge in [-0.15, -0.1) is 0 Å². The van der Waals surface area contributed by atoms with Crippen LogP contribution in [-0.2, 0) is 14.3 Å². The van der Waals surface area contributed by atoms with Crippen molar-refractivity contribution in [3.63, 3.8) is 0 Å². The average molecular weight is 338 g/mol. The molecule has 0 radical (unpaired) electrons. The van der Waals surface area contributed by atoms with Crippen molar-refractivity contribution in [2.75, 3.05) is 13.7 Å². The molecule has 5 nitrogen and oxygen atoms in total. The lowest BCUT2D eigenvalue weighted by molar-refractivity contribution is -0.138. The Morgan fingerprint density at radius 1 is 1.04 bits per heavy atom. The second kappa shape index (κ2) is 9.40. The largest absolute Gasteiger partial charge is 0.371 e. The number of likely N-dealkylation sites (N-methyl/N-ethyl adjacent to an activating group) is 1. The van der Waals surface area contributed by atoms with Crippen LogP contribution in [0.2, 0.25) is 0 Å². The van der Waals surface area contributed by atoms with Crippen LogP contribution in [-0.4, -0.2) is 48.6 Å². The first-order valence-electron chi connectivity index (χ1n) is 9.66. The third-order valence-electron chi connectivity index (χ3n) is 5.48. The minimum atomic E-state index is -0.429. The average Bonchev–Trinajstić information content (AvgIpc) is 3.39. The van der Waals surface area contributed by atoms with Crippen LogP contribution in [0.15, 0.2) is 0 Å². The number of amides is 2. The van der Waals surface area contributed by atoms with Crippen LogP contribution >= 0.6 is 0 Å². The summed E-state index contributed by atoms with van der Waals surface area (Å²) in [7, 11) is 1.74. The van der Waals surface area contributed by atoms with Gasteiger partial charge in [0.15, 0.2) is 0 Å². The smallest absolute Gasteiger partial charge is 0.242 e. The van der Waals surface area contributed by atoms with E-state index in [0.717, 1.165) is 25.9 Å². The van der Waals surface area contributed by atoms with E-state index < -0.39 is 6.04 Å². The number of nitrogens with zero attached hydrogens (tertiary/aromatic N) is 1. The summed E-state index contributed by atoms with van der Waals surface area (Å²) in [5, 5.41) is 3.13. The SMILES string of the molecule is C[C@@H]1CCCCCCCCC(=O)N(C)[C@@H](C)C(=O)N[C@H]([C@H]2CO2)C1. The fourth-order valence-corrected chi connectivity index (χ4v) is 3.49. The summed E-state index contributed by atoms with van der Waals surface area (Å²) in [5.41, 5.74) is 0. The van der Waals surface area contributed by atoms with Gasteiger partial charge in [-0.25, -0.2) is 0 Å². The second-order valence-corrected chi connectivity index (χ2v) is 7.67. The number of nitrogens with one attached hydrogen (secondary N) is 1. The van der Waals surface area contributed by atoms with E-state index in [4.69, 9.17) is 4.74 Å². The topological polar surface area (TPSA) is 61.9 Å². The van der Waals surface area contributed by atoms with Gasteiger partial charge in [-0.3, -0.25) is 9.59 Å². The molecule has 5 heteroatoms. The molecule has 0 saturated carbocycles. The van der Waals surface area contributed by atoms with Crippen LogP contribution in [0, 0.1) is 5.92 Å². The molecule has 0 unspecified atom stereocenters. The number of carbonyl (C=O) groups excluding carboxylic acids is 2. The highest BCUT2D eigenvalue weighted by molar-refractivity contribution is 5.87. The molecule has 1 N–H and O–H groups in total. The molecule has 138 valence electrons. The summed E-state index contributed by atoms with van der Waals surface area (Å²) in [6, 6.07) is -0.353. The number of epoxide rings is 1. The van der Waals surface area contributed by atoms with Crippen LogP contribution in [0.3, 0.4) is 0 Å². The van der Waals surface area contributed by atoms with Crippen molar-refractivity contribution in [3.8, 4) is 0 Å². The van der Waals surface area contributed by atoms with E-state index in [2.05, 4.69) is 12.2 Å². The standard InChI is InChI=1S/C19H34N2O3/c1-14-10-8-6-4-5-7-9-11-18(22)21(3)15(2)19(23)20-16(12-14)17-13-24-17/h14-17H,4-13H2,1-3H3,(H,20,23)/t14-,15+,16+,17-/m1/s1. The predicted molar refractivity (Wildman–Crippen MR) is 94.6 cm³/mol. The monoisotopic (exact) mass is 338 g/mol. The molecular formula is C19H34N2O3. The Morgan fingerprint density at radius 2 is 1.67 bits per heavy atom. The van der Waals surface area contributed by atoms with Crippen LogP contribution in [0.5, 0.6) is 0 Å². The summed E-state index contributed by atoms with van der Waals surface area (Å²) in [5.74, 6) is 0.588. The Labute approximate surface area is 146 Å². The zero-order valence-electron chi connectivity index (χ0n) is 15.6. The van der Waals surface area contributed by atoms with E-state index in [0.29, 0.717) is 12.3 Å². The lowest BCUT2D eigenvalue weighted by Crippen LogP contribution is -2.50. The zero-order valence-corrected chi connectivity index (χ0v) is 15.6. The van der Waals surface area contributed by atoms with Crippen LogP contribution in [0.25, 0.3) is 0 Å². The molecule has 2 aliphatic rings. The van der Waals surface area contributed by atoms with Crippen molar-refractivity contribution in [3.05, 3.63) is 0 Å². The summed E-state index contributed by atoms with van der Waals surface area (Å²) in [6.07, 6.45) is 9.90. The van der Waals surface area contributed by atoms with Crippen molar-refractivity contribution in [1.29, 1.82) is 0 Å². The fraction of sp³-hybridized carbons (Fsp3) is 0.895. The highest BCUT2D eigenvalue weighted by Gasteiger charge is 2.36. The van der Waals surface area contributed by atoms with Gasteiger partial charge in [-0.2, -0.15) is 0 Å². The first-order chi connectivity index (χ1) is 11.5. The molecule has 0 aliphatic carbocycles. The summed E-state index contributed by atoms with van der Waals surface area (Å²) in [4.78, 5) is 26.4. The quantitative estimate of drug-likeness (QED) is 0.748. The van der Waals surface area contributed by atoms with E-state index in [1.54, 1.807) is 11.9 Å². The molecule has 2 amide bonds. The Balaban J connectivity index is 1.98.